The number of hydrogen-bond acceptors (Lipinski definition) is 4. The molecule has 1 aliphatic heterocycles. The zero-order valence-corrected chi connectivity index (χ0v) is 9.65. The number of ketones is 1. The predicted octanol–water partition coefficient (Wildman–Crippen LogP) is 0.870. The summed E-state index contributed by atoms with van der Waals surface area (Å²) in [7, 11) is 0. The number of rotatable bonds is 4. The van der Waals surface area contributed by atoms with Gasteiger partial charge in [0.15, 0.2) is 5.78 Å². The van der Waals surface area contributed by atoms with Crippen LogP contribution in [-0.4, -0.2) is 33.9 Å². The second-order valence-electron chi connectivity index (χ2n) is 4.26. The van der Waals surface area contributed by atoms with Crippen molar-refractivity contribution in [3.8, 4) is 0 Å². The number of carbonyl (C=O) groups is 1. The molecule has 0 spiro atoms. The first kappa shape index (κ1) is 11.3. The minimum atomic E-state index is 0.179. The topological polar surface area (TPSA) is 59.8 Å². The Hall–Kier alpha value is -1.23. The standard InChI is InChI=1S/C11H18N4O/c1-2-15-10(8-13-14-15)11(16)7-9-3-5-12-6-4-9/h8-9,12H,2-7H2,1H3. The van der Waals surface area contributed by atoms with E-state index >= 15 is 0 Å². The van der Waals surface area contributed by atoms with E-state index in [0.717, 1.165) is 25.9 Å². The summed E-state index contributed by atoms with van der Waals surface area (Å²) in [4.78, 5) is 12.0. The Morgan fingerprint density at radius 1 is 1.56 bits per heavy atom. The first-order valence-corrected chi connectivity index (χ1v) is 5.93. The van der Waals surface area contributed by atoms with Gasteiger partial charge < -0.3 is 5.32 Å². The van der Waals surface area contributed by atoms with E-state index in [9.17, 15) is 4.79 Å². The van der Waals surface area contributed by atoms with E-state index in [1.807, 2.05) is 6.92 Å². The van der Waals surface area contributed by atoms with Crippen LogP contribution in [0.2, 0.25) is 0 Å². The minimum Gasteiger partial charge on any atom is -0.317 e. The van der Waals surface area contributed by atoms with Crippen molar-refractivity contribution in [2.45, 2.75) is 32.7 Å². The molecular weight excluding hydrogens is 204 g/mol. The summed E-state index contributed by atoms with van der Waals surface area (Å²) < 4.78 is 1.67. The Morgan fingerprint density at radius 3 is 3.00 bits per heavy atom. The van der Waals surface area contributed by atoms with Crippen molar-refractivity contribution in [2.24, 2.45) is 5.92 Å². The van der Waals surface area contributed by atoms with Crippen LogP contribution in [0.15, 0.2) is 6.20 Å². The Bertz CT molecular complexity index is 355. The highest BCUT2D eigenvalue weighted by Gasteiger charge is 2.20. The van der Waals surface area contributed by atoms with Crippen LogP contribution in [0.4, 0.5) is 0 Å². The van der Waals surface area contributed by atoms with Gasteiger partial charge in [0.25, 0.3) is 0 Å². The van der Waals surface area contributed by atoms with E-state index in [0.29, 0.717) is 24.6 Å². The summed E-state index contributed by atoms with van der Waals surface area (Å²) in [6, 6.07) is 0. The molecule has 2 rings (SSSR count). The number of carbonyl (C=O) groups excluding carboxylic acids is 1. The first-order chi connectivity index (χ1) is 7.81. The molecule has 0 saturated carbocycles. The number of nitrogens with one attached hydrogen (secondary N) is 1. The maximum Gasteiger partial charge on any atom is 0.182 e. The molecule has 0 atom stereocenters. The van der Waals surface area contributed by atoms with E-state index in [1.165, 1.54) is 0 Å². The molecule has 1 saturated heterocycles. The number of aromatic nitrogens is 3. The lowest BCUT2D eigenvalue weighted by atomic mass is 9.92. The van der Waals surface area contributed by atoms with Crippen LogP contribution in [0, 0.1) is 5.92 Å². The molecule has 0 unspecified atom stereocenters. The number of nitrogens with zero attached hydrogens (tertiary/aromatic N) is 3. The Balaban J connectivity index is 1.96. The average molecular weight is 222 g/mol. The van der Waals surface area contributed by atoms with Crippen molar-refractivity contribution in [3.05, 3.63) is 11.9 Å². The summed E-state index contributed by atoms with van der Waals surface area (Å²) in [5, 5.41) is 11.0. The van der Waals surface area contributed by atoms with Crippen LogP contribution < -0.4 is 5.32 Å². The molecule has 2 heterocycles. The third kappa shape index (κ3) is 2.47. The molecule has 0 amide bonds. The lowest BCUT2D eigenvalue weighted by Gasteiger charge is -2.21. The van der Waals surface area contributed by atoms with E-state index in [2.05, 4.69) is 15.6 Å². The zero-order valence-electron chi connectivity index (χ0n) is 9.65. The van der Waals surface area contributed by atoms with Gasteiger partial charge in [-0.3, -0.25) is 4.79 Å². The lowest BCUT2D eigenvalue weighted by Crippen LogP contribution is -2.29. The van der Waals surface area contributed by atoms with Crippen LogP contribution in [0.1, 0.15) is 36.7 Å². The van der Waals surface area contributed by atoms with Crippen LogP contribution in [0.25, 0.3) is 0 Å². The van der Waals surface area contributed by atoms with Crippen molar-refractivity contribution >= 4 is 5.78 Å². The number of piperidine rings is 1. The molecule has 1 fully saturated rings. The quantitative estimate of drug-likeness (QED) is 0.768. The molecule has 0 bridgehead atoms. The monoisotopic (exact) mass is 222 g/mol. The van der Waals surface area contributed by atoms with E-state index in [1.54, 1.807) is 10.9 Å². The van der Waals surface area contributed by atoms with E-state index < -0.39 is 0 Å². The SMILES string of the molecule is CCn1nncc1C(=O)CC1CCNCC1. The predicted molar refractivity (Wildman–Crippen MR) is 60.2 cm³/mol. The second kappa shape index (κ2) is 5.21. The molecule has 1 aromatic heterocycles. The Kier molecular flexibility index (Phi) is 3.66. The summed E-state index contributed by atoms with van der Waals surface area (Å²) >= 11 is 0. The molecule has 16 heavy (non-hydrogen) atoms. The Morgan fingerprint density at radius 2 is 2.31 bits per heavy atom. The van der Waals surface area contributed by atoms with Gasteiger partial charge in [-0.25, -0.2) is 4.68 Å². The van der Waals surface area contributed by atoms with Gasteiger partial charge in [0, 0.05) is 13.0 Å². The highest BCUT2D eigenvalue weighted by molar-refractivity contribution is 5.94. The van der Waals surface area contributed by atoms with Gasteiger partial charge in [-0.05, 0) is 38.8 Å². The minimum absolute atomic E-state index is 0.179. The first-order valence-electron chi connectivity index (χ1n) is 5.93. The van der Waals surface area contributed by atoms with Gasteiger partial charge in [-0.2, -0.15) is 0 Å². The summed E-state index contributed by atoms with van der Waals surface area (Å²) in [5.41, 5.74) is 0.654. The highest BCUT2D eigenvalue weighted by Crippen LogP contribution is 2.18. The lowest BCUT2D eigenvalue weighted by molar-refractivity contribution is 0.0942. The normalized spacial score (nSPS) is 17.6. The number of hydrogen-bond donors (Lipinski definition) is 1. The van der Waals surface area contributed by atoms with Gasteiger partial charge in [-0.1, -0.05) is 5.21 Å². The number of Topliss-reactive ketones (excluding diaryl/α,β-unsaturated/α-hetero) is 1. The van der Waals surface area contributed by atoms with Crippen molar-refractivity contribution < 1.29 is 4.79 Å². The van der Waals surface area contributed by atoms with Gasteiger partial charge in [-0.15, -0.1) is 5.10 Å². The number of aryl methyl sites for hydroxylation is 1. The molecule has 88 valence electrons. The van der Waals surface area contributed by atoms with E-state index in [-0.39, 0.29) is 5.78 Å². The second-order valence-corrected chi connectivity index (χ2v) is 4.26. The van der Waals surface area contributed by atoms with Crippen molar-refractivity contribution in [2.75, 3.05) is 13.1 Å². The Labute approximate surface area is 95.2 Å². The third-order valence-corrected chi connectivity index (χ3v) is 3.14. The maximum absolute atomic E-state index is 12.0. The summed E-state index contributed by atoms with van der Waals surface area (Å²) in [5.74, 6) is 0.702. The van der Waals surface area contributed by atoms with Gasteiger partial charge in [0.2, 0.25) is 0 Å². The summed E-state index contributed by atoms with van der Waals surface area (Å²) in [6.45, 7) is 4.73. The largest absolute Gasteiger partial charge is 0.317 e. The molecule has 0 aromatic carbocycles. The third-order valence-electron chi connectivity index (χ3n) is 3.14. The fourth-order valence-electron chi connectivity index (χ4n) is 2.16. The van der Waals surface area contributed by atoms with Crippen molar-refractivity contribution in [3.63, 3.8) is 0 Å². The van der Waals surface area contributed by atoms with Gasteiger partial charge in [0.05, 0.1) is 6.20 Å². The van der Waals surface area contributed by atoms with E-state index in [4.69, 9.17) is 0 Å². The zero-order chi connectivity index (χ0) is 11.4. The molecular formula is C11H18N4O. The van der Waals surface area contributed by atoms with Crippen molar-refractivity contribution in [1.29, 1.82) is 0 Å². The molecule has 5 nitrogen and oxygen atoms in total. The molecule has 5 heteroatoms. The molecule has 1 aromatic rings. The molecule has 1 N–H and O–H groups in total. The van der Waals surface area contributed by atoms with Crippen molar-refractivity contribution in [1.82, 2.24) is 20.3 Å². The van der Waals surface area contributed by atoms with Crippen LogP contribution in [0.3, 0.4) is 0 Å². The fraction of sp³-hybridized carbons (Fsp3) is 0.727. The molecule has 1 aliphatic rings. The van der Waals surface area contributed by atoms with Crippen LogP contribution >= 0.6 is 0 Å². The average Bonchev–Trinajstić information content (AvgIpc) is 2.78. The summed E-state index contributed by atoms with van der Waals surface area (Å²) in [6.07, 6.45) is 4.40. The van der Waals surface area contributed by atoms with Crippen LogP contribution in [-0.2, 0) is 6.54 Å². The maximum atomic E-state index is 12.0. The highest BCUT2D eigenvalue weighted by atomic mass is 16.1. The fourth-order valence-corrected chi connectivity index (χ4v) is 2.16. The van der Waals surface area contributed by atoms with Gasteiger partial charge in [0.1, 0.15) is 5.69 Å². The van der Waals surface area contributed by atoms with Gasteiger partial charge >= 0.3 is 0 Å². The van der Waals surface area contributed by atoms with Crippen LogP contribution in [0.5, 0.6) is 0 Å². The molecule has 0 aliphatic carbocycles. The molecule has 0 radical (unpaired) electrons. The smallest absolute Gasteiger partial charge is 0.182 e.